The number of anilines is 2. The lowest BCUT2D eigenvalue weighted by Crippen LogP contribution is -2.41. The van der Waals surface area contributed by atoms with E-state index in [9.17, 15) is 33.1 Å². The van der Waals surface area contributed by atoms with Crippen LogP contribution in [0.15, 0.2) is 47.4 Å². The Labute approximate surface area is 249 Å². The maximum absolute atomic E-state index is 14.9. The van der Waals surface area contributed by atoms with Crippen LogP contribution in [0.3, 0.4) is 0 Å². The van der Waals surface area contributed by atoms with Crippen molar-refractivity contribution >= 4 is 29.3 Å². The van der Waals surface area contributed by atoms with E-state index in [1.54, 1.807) is 12.1 Å². The fourth-order valence-electron chi connectivity index (χ4n) is 4.66. The fourth-order valence-corrected chi connectivity index (χ4v) is 4.66. The van der Waals surface area contributed by atoms with Crippen LogP contribution in [0.25, 0.3) is 0 Å². The molecule has 0 radical (unpaired) electrons. The molecule has 236 valence electrons. The largest absolute Gasteiger partial charge is 0.449 e. The van der Waals surface area contributed by atoms with Crippen LogP contribution in [-0.2, 0) is 19.1 Å². The average molecular weight is 607 g/mol. The maximum atomic E-state index is 14.9. The minimum Gasteiger partial charge on any atom is -0.449 e. The normalized spacial score (nSPS) is 19.1. The molecular formula is C30H40F2N4O7. The molecule has 1 aromatic heterocycles. The molecule has 3 rings (SSSR count). The van der Waals surface area contributed by atoms with Gasteiger partial charge in [-0.25, -0.2) is 9.59 Å². The standard InChI is InChI=1S/C30H40F2N4O7/c1-2-3-4-12-19-42-29(41)35-24-17-18-36(28(40)34-24)27-30(31,32)26(39)23(43-27)20-22(37)15-10-5-6-11-16-25(38)33-21-13-8-7-9-14-21/h7-9,13-14,17-18,23,26-27,39H,2-6,10-12,15-16,19-20H2,1H3,(H,33,38)(H,34,35,40,41)/t23-,26-,27-/m1/s1. The summed E-state index contributed by atoms with van der Waals surface area (Å²) in [4.78, 5) is 52.4. The molecule has 43 heavy (non-hydrogen) atoms. The molecule has 0 saturated carbocycles. The Bertz CT molecular complexity index is 1260. The number of nitrogens with one attached hydrogen (secondary N) is 2. The zero-order chi connectivity index (χ0) is 31.2. The fraction of sp³-hybridized carbons (Fsp3) is 0.567. The number of halogens is 2. The van der Waals surface area contributed by atoms with Gasteiger partial charge in [-0.1, -0.05) is 57.2 Å². The monoisotopic (exact) mass is 606 g/mol. The van der Waals surface area contributed by atoms with E-state index >= 15 is 0 Å². The van der Waals surface area contributed by atoms with E-state index in [4.69, 9.17) is 9.47 Å². The van der Waals surface area contributed by atoms with E-state index in [1.165, 1.54) is 0 Å². The van der Waals surface area contributed by atoms with Gasteiger partial charge in [-0.05, 0) is 37.5 Å². The number of aliphatic hydroxyl groups is 1. The number of carbonyl (C=O) groups is 3. The molecule has 0 spiro atoms. The summed E-state index contributed by atoms with van der Waals surface area (Å²) >= 11 is 0. The third-order valence-electron chi connectivity index (χ3n) is 7.02. The number of rotatable bonds is 17. The molecule has 2 aromatic rings. The van der Waals surface area contributed by atoms with Gasteiger partial charge in [0.05, 0.1) is 12.7 Å². The van der Waals surface area contributed by atoms with Crippen molar-refractivity contribution in [2.75, 3.05) is 17.2 Å². The molecule has 2 heterocycles. The third-order valence-corrected chi connectivity index (χ3v) is 7.02. The van der Waals surface area contributed by atoms with Crippen LogP contribution < -0.4 is 16.3 Å². The second-order valence-electron chi connectivity index (χ2n) is 10.5. The number of amides is 2. The Morgan fingerprint density at radius 2 is 1.70 bits per heavy atom. The number of ketones is 1. The van der Waals surface area contributed by atoms with Gasteiger partial charge in [0, 0.05) is 31.1 Å². The van der Waals surface area contributed by atoms with Crippen molar-refractivity contribution < 1.29 is 37.7 Å². The van der Waals surface area contributed by atoms with Crippen molar-refractivity contribution in [3.05, 3.63) is 53.1 Å². The first-order valence-electron chi connectivity index (χ1n) is 14.7. The minimum absolute atomic E-state index is 0.0963. The van der Waals surface area contributed by atoms with Crippen molar-refractivity contribution in [2.24, 2.45) is 0 Å². The van der Waals surface area contributed by atoms with Gasteiger partial charge in [-0.15, -0.1) is 0 Å². The molecule has 11 nitrogen and oxygen atoms in total. The third kappa shape index (κ3) is 10.5. The van der Waals surface area contributed by atoms with Crippen LogP contribution in [0, 0.1) is 0 Å². The molecule has 1 saturated heterocycles. The first-order valence-corrected chi connectivity index (χ1v) is 14.7. The zero-order valence-electron chi connectivity index (χ0n) is 24.3. The molecule has 1 aromatic carbocycles. The number of aliphatic hydroxyl groups excluding tert-OH is 1. The number of benzene rings is 1. The number of Topliss-reactive ketones (excluding diaryl/α,β-unsaturated/α-hetero) is 1. The first kappa shape index (κ1) is 33.8. The number of carbonyl (C=O) groups excluding carboxylic acids is 3. The van der Waals surface area contributed by atoms with Gasteiger partial charge in [0.15, 0.2) is 0 Å². The minimum atomic E-state index is -3.87. The summed E-state index contributed by atoms with van der Waals surface area (Å²) in [6.07, 6.45) is 0.322. The smallest absolute Gasteiger partial charge is 0.412 e. The number of para-hydroxylation sites is 1. The number of aromatic nitrogens is 2. The Balaban J connectivity index is 1.41. The van der Waals surface area contributed by atoms with Gasteiger partial charge >= 0.3 is 17.7 Å². The van der Waals surface area contributed by atoms with Crippen LogP contribution in [0.5, 0.6) is 0 Å². The van der Waals surface area contributed by atoms with Gasteiger partial charge in [0.1, 0.15) is 17.7 Å². The van der Waals surface area contributed by atoms with Crippen LogP contribution in [0.1, 0.15) is 83.8 Å². The van der Waals surface area contributed by atoms with Gasteiger partial charge in [0.2, 0.25) is 12.1 Å². The predicted molar refractivity (Wildman–Crippen MR) is 155 cm³/mol. The highest BCUT2D eigenvalue weighted by molar-refractivity contribution is 5.90. The summed E-state index contributed by atoms with van der Waals surface area (Å²) in [6, 6.07) is 10.2. The average Bonchev–Trinajstić information content (AvgIpc) is 3.18. The predicted octanol–water partition coefficient (Wildman–Crippen LogP) is 5.20. The Morgan fingerprint density at radius 3 is 2.40 bits per heavy atom. The van der Waals surface area contributed by atoms with Gasteiger partial charge in [0.25, 0.3) is 0 Å². The van der Waals surface area contributed by atoms with E-state index in [0.29, 0.717) is 36.7 Å². The summed E-state index contributed by atoms with van der Waals surface area (Å²) in [5.41, 5.74) is -0.412. The highest BCUT2D eigenvalue weighted by Crippen LogP contribution is 2.43. The second-order valence-corrected chi connectivity index (χ2v) is 10.5. The summed E-state index contributed by atoms with van der Waals surface area (Å²) in [7, 11) is 0. The van der Waals surface area contributed by atoms with Crippen LogP contribution in [0.4, 0.5) is 25.1 Å². The lowest BCUT2D eigenvalue weighted by Gasteiger charge is -2.21. The highest BCUT2D eigenvalue weighted by Gasteiger charge is 2.59. The van der Waals surface area contributed by atoms with Crippen molar-refractivity contribution in [3.63, 3.8) is 0 Å². The summed E-state index contributed by atoms with van der Waals surface area (Å²) in [6.45, 7) is 2.24. The molecule has 3 N–H and O–H groups in total. The van der Waals surface area contributed by atoms with Crippen molar-refractivity contribution in [1.82, 2.24) is 9.55 Å². The summed E-state index contributed by atoms with van der Waals surface area (Å²) < 4.78 is 40.6. The van der Waals surface area contributed by atoms with Crippen LogP contribution >= 0.6 is 0 Å². The molecule has 0 unspecified atom stereocenters. The van der Waals surface area contributed by atoms with E-state index < -0.39 is 42.6 Å². The number of hydrogen-bond acceptors (Lipinski definition) is 8. The van der Waals surface area contributed by atoms with Gasteiger partial charge in [-0.2, -0.15) is 13.8 Å². The van der Waals surface area contributed by atoms with Crippen molar-refractivity contribution in [3.8, 4) is 0 Å². The molecule has 1 fully saturated rings. The second kappa shape index (κ2) is 16.8. The Kier molecular flexibility index (Phi) is 13.2. The van der Waals surface area contributed by atoms with E-state index in [-0.39, 0.29) is 30.5 Å². The van der Waals surface area contributed by atoms with Gasteiger partial charge < -0.3 is 19.9 Å². The van der Waals surface area contributed by atoms with Crippen LogP contribution in [-0.4, -0.2) is 57.2 Å². The molecular weight excluding hydrogens is 566 g/mol. The quantitative estimate of drug-likeness (QED) is 0.208. The SMILES string of the molecule is CCCCCCOC(=O)Nc1ccn([C@@H]2O[C@H](CC(=O)CCCCCCC(=O)Nc3ccccc3)[C@@H](O)C2(F)F)c(=O)n1. The lowest BCUT2D eigenvalue weighted by molar-refractivity contribution is -0.141. The summed E-state index contributed by atoms with van der Waals surface area (Å²) in [5.74, 6) is -4.52. The van der Waals surface area contributed by atoms with Crippen molar-refractivity contribution in [1.29, 1.82) is 0 Å². The summed E-state index contributed by atoms with van der Waals surface area (Å²) in [5, 5.41) is 15.3. The number of alkyl halides is 2. The topological polar surface area (TPSA) is 149 Å². The molecule has 2 amide bonds. The zero-order valence-corrected chi connectivity index (χ0v) is 24.3. The van der Waals surface area contributed by atoms with Crippen molar-refractivity contribution in [2.45, 2.75) is 102 Å². The Hall–Kier alpha value is -3.71. The number of hydrogen-bond donors (Lipinski definition) is 3. The van der Waals surface area contributed by atoms with Crippen LogP contribution in [0.2, 0.25) is 0 Å². The molecule has 1 aliphatic rings. The highest BCUT2D eigenvalue weighted by atomic mass is 19.3. The molecule has 13 heteroatoms. The lowest BCUT2D eigenvalue weighted by atomic mass is 10.0. The maximum Gasteiger partial charge on any atom is 0.412 e. The number of ether oxygens (including phenoxy) is 2. The van der Waals surface area contributed by atoms with E-state index in [1.807, 2.05) is 18.2 Å². The first-order chi connectivity index (χ1) is 20.6. The number of unbranched alkanes of at least 4 members (excludes halogenated alkanes) is 6. The molecule has 0 bridgehead atoms. The molecule has 0 aliphatic carbocycles. The Morgan fingerprint density at radius 1 is 1.00 bits per heavy atom. The molecule has 3 atom stereocenters. The van der Waals surface area contributed by atoms with E-state index in [0.717, 1.165) is 43.6 Å². The van der Waals surface area contributed by atoms with E-state index in [2.05, 4.69) is 22.5 Å². The number of nitrogens with zero attached hydrogens (tertiary/aromatic N) is 2. The molecule has 1 aliphatic heterocycles. The van der Waals surface area contributed by atoms with Gasteiger partial charge in [-0.3, -0.25) is 19.5 Å².